The third-order valence-electron chi connectivity index (χ3n) is 3.69. The maximum Gasteiger partial charge on any atom is 0.192 e. The molecule has 5 nitrogen and oxygen atoms in total. The van der Waals surface area contributed by atoms with Crippen LogP contribution >= 0.6 is 11.8 Å². The van der Waals surface area contributed by atoms with Crippen LogP contribution in [0.1, 0.15) is 19.4 Å². The lowest BCUT2D eigenvalue weighted by atomic mass is 10.2. The zero-order chi connectivity index (χ0) is 16.9. The van der Waals surface area contributed by atoms with Crippen LogP contribution in [-0.2, 0) is 11.3 Å². The number of benzene rings is 1. The minimum atomic E-state index is -0.158. The summed E-state index contributed by atoms with van der Waals surface area (Å²) in [6, 6.07) is 14.0. The van der Waals surface area contributed by atoms with Gasteiger partial charge in [0, 0.05) is 18.0 Å². The van der Waals surface area contributed by atoms with E-state index in [1.54, 1.807) is 19.3 Å². The van der Waals surface area contributed by atoms with Crippen LogP contribution in [0.3, 0.4) is 0 Å². The van der Waals surface area contributed by atoms with E-state index >= 15 is 0 Å². The van der Waals surface area contributed by atoms with Crippen LogP contribution in [-0.4, -0.2) is 30.8 Å². The molecule has 0 aliphatic carbocycles. The molecule has 2 aromatic heterocycles. The van der Waals surface area contributed by atoms with Gasteiger partial charge >= 0.3 is 0 Å². The molecule has 0 amide bonds. The van der Waals surface area contributed by atoms with Gasteiger partial charge in [-0.25, -0.2) is 0 Å². The van der Waals surface area contributed by atoms with Crippen LogP contribution in [0.2, 0.25) is 0 Å². The molecule has 3 rings (SSSR count). The molecular formula is C18H18N4OS. The van der Waals surface area contributed by atoms with Crippen LogP contribution in [0.5, 0.6) is 0 Å². The highest BCUT2D eigenvalue weighted by atomic mass is 32.2. The predicted molar refractivity (Wildman–Crippen MR) is 94.8 cm³/mol. The average molecular weight is 338 g/mol. The molecule has 0 saturated carbocycles. The highest BCUT2D eigenvalue weighted by Crippen LogP contribution is 2.27. The maximum absolute atomic E-state index is 11.6. The van der Waals surface area contributed by atoms with Gasteiger partial charge in [-0.2, -0.15) is 0 Å². The highest BCUT2D eigenvalue weighted by molar-refractivity contribution is 8.00. The number of carbonyl (C=O) groups excluding carboxylic acids is 1. The van der Waals surface area contributed by atoms with Gasteiger partial charge in [0.1, 0.15) is 5.78 Å². The minimum Gasteiger partial charge on any atom is -0.299 e. The summed E-state index contributed by atoms with van der Waals surface area (Å²) in [6.45, 7) is 4.14. The number of hydrogen-bond donors (Lipinski definition) is 0. The summed E-state index contributed by atoms with van der Waals surface area (Å²) in [6.07, 6.45) is 3.48. The fraction of sp³-hybridized carbons (Fsp3) is 0.222. The van der Waals surface area contributed by atoms with Crippen LogP contribution in [0.25, 0.3) is 11.4 Å². The normalized spacial score (nSPS) is 12.1. The molecular weight excluding hydrogens is 320 g/mol. The molecule has 6 heteroatoms. The monoisotopic (exact) mass is 338 g/mol. The first-order chi connectivity index (χ1) is 11.6. The van der Waals surface area contributed by atoms with E-state index in [4.69, 9.17) is 0 Å². The highest BCUT2D eigenvalue weighted by Gasteiger charge is 2.19. The first-order valence-corrected chi connectivity index (χ1v) is 8.57. The molecule has 2 heterocycles. The van der Waals surface area contributed by atoms with Crippen LogP contribution in [0, 0.1) is 0 Å². The van der Waals surface area contributed by atoms with Gasteiger partial charge in [0.05, 0.1) is 11.8 Å². The van der Waals surface area contributed by atoms with Crippen molar-refractivity contribution >= 4 is 17.5 Å². The predicted octanol–water partition coefficient (Wildman–Crippen LogP) is 3.46. The topological polar surface area (TPSA) is 60.7 Å². The van der Waals surface area contributed by atoms with Crippen molar-refractivity contribution in [1.82, 2.24) is 19.7 Å². The second-order valence-electron chi connectivity index (χ2n) is 5.48. The first kappa shape index (κ1) is 16.4. The SMILES string of the molecule is CC(=O)[C@@H](C)Sc1nnc(-c2ccncc2)n1Cc1ccccc1. The van der Waals surface area contributed by atoms with Crippen molar-refractivity contribution in [2.45, 2.75) is 30.8 Å². The molecule has 0 aliphatic heterocycles. The number of carbonyl (C=O) groups is 1. The number of hydrogen-bond acceptors (Lipinski definition) is 5. The lowest BCUT2D eigenvalue weighted by molar-refractivity contribution is -0.116. The average Bonchev–Trinajstić information content (AvgIpc) is 2.99. The second-order valence-corrected chi connectivity index (χ2v) is 6.79. The van der Waals surface area contributed by atoms with Gasteiger partial charge in [0.15, 0.2) is 11.0 Å². The van der Waals surface area contributed by atoms with E-state index < -0.39 is 0 Å². The van der Waals surface area contributed by atoms with Crippen LogP contribution in [0.4, 0.5) is 0 Å². The minimum absolute atomic E-state index is 0.125. The van der Waals surface area contributed by atoms with Gasteiger partial charge in [-0.15, -0.1) is 10.2 Å². The van der Waals surface area contributed by atoms with Crippen molar-refractivity contribution in [1.29, 1.82) is 0 Å². The summed E-state index contributed by atoms with van der Waals surface area (Å²) in [5.74, 6) is 0.902. The van der Waals surface area contributed by atoms with Gasteiger partial charge in [0.25, 0.3) is 0 Å². The molecule has 0 N–H and O–H groups in total. The Balaban J connectivity index is 2.00. The van der Waals surface area contributed by atoms with Crippen molar-refractivity contribution in [2.24, 2.45) is 0 Å². The number of nitrogens with zero attached hydrogens (tertiary/aromatic N) is 4. The Kier molecular flexibility index (Phi) is 5.05. The second kappa shape index (κ2) is 7.40. The van der Waals surface area contributed by atoms with Crippen molar-refractivity contribution in [3.05, 3.63) is 60.4 Å². The number of Topliss-reactive ketones (excluding diaryl/α,β-unsaturated/α-hetero) is 1. The number of ketones is 1. The van der Waals surface area contributed by atoms with Gasteiger partial charge in [-0.05, 0) is 31.5 Å². The molecule has 0 aliphatic rings. The van der Waals surface area contributed by atoms with Crippen LogP contribution in [0.15, 0.2) is 60.0 Å². The first-order valence-electron chi connectivity index (χ1n) is 7.70. The summed E-state index contributed by atoms with van der Waals surface area (Å²) in [5.41, 5.74) is 2.11. The molecule has 0 unspecified atom stereocenters. The number of pyridine rings is 1. The largest absolute Gasteiger partial charge is 0.299 e. The standard InChI is InChI=1S/C18H18N4OS/c1-13(23)14(2)24-18-21-20-17(16-8-10-19-11-9-16)22(18)12-15-6-4-3-5-7-15/h3-11,14H,12H2,1-2H3/t14-/m1/s1. The fourth-order valence-electron chi connectivity index (χ4n) is 2.24. The summed E-state index contributed by atoms with van der Waals surface area (Å²) in [5, 5.41) is 9.25. The zero-order valence-corrected chi connectivity index (χ0v) is 14.4. The Hall–Kier alpha value is -2.47. The molecule has 1 atom stereocenters. The van der Waals surface area contributed by atoms with Crippen molar-refractivity contribution < 1.29 is 4.79 Å². The van der Waals surface area contributed by atoms with Gasteiger partial charge in [0.2, 0.25) is 0 Å². The van der Waals surface area contributed by atoms with E-state index in [2.05, 4.69) is 31.9 Å². The number of aromatic nitrogens is 4. The maximum atomic E-state index is 11.6. The van der Waals surface area contributed by atoms with E-state index in [0.717, 1.165) is 22.1 Å². The Bertz CT molecular complexity index is 818. The fourth-order valence-corrected chi connectivity index (χ4v) is 3.09. The number of rotatable bonds is 6. The van der Waals surface area contributed by atoms with Gasteiger partial charge in [-0.1, -0.05) is 42.1 Å². The third-order valence-corrected chi connectivity index (χ3v) is 4.89. The zero-order valence-electron chi connectivity index (χ0n) is 13.6. The Morgan fingerprint density at radius 1 is 1.12 bits per heavy atom. The van der Waals surface area contributed by atoms with E-state index in [1.807, 2.05) is 37.3 Å². The molecule has 0 fully saturated rings. The summed E-state index contributed by atoms with van der Waals surface area (Å²) in [4.78, 5) is 15.7. The van der Waals surface area contributed by atoms with Crippen molar-refractivity contribution in [3.63, 3.8) is 0 Å². The smallest absolute Gasteiger partial charge is 0.192 e. The summed E-state index contributed by atoms with van der Waals surface area (Å²) in [7, 11) is 0. The molecule has 0 spiro atoms. The number of thioether (sulfide) groups is 1. The molecule has 1 aromatic carbocycles. The molecule has 0 bridgehead atoms. The van der Waals surface area contributed by atoms with E-state index in [-0.39, 0.29) is 11.0 Å². The Labute approximate surface area is 145 Å². The van der Waals surface area contributed by atoms with Crippen LogP contribution < -0.4 is 0 Å². The lowest BCUT2D eigenvalue weighted by Gasteiger charge is -2.12. The Morgan fingerprint density at radius 2 is 1.83 bits per heavy atom. The lowest BCUT2D eigenvalue weighted by Crippen LogP contribution is -2.11. The molecule has 3 aromatic rings. The molecule has 122 valence electrons. The quantitative estimate of drug-likeness (QED) is 0.644. The summed E-state index contributed by atoms with van der Waals surface area (Å²) < 4.78 is 2.05. The van der Waals surface area contributed by atoms with Gasteiger partial charge in [-0.3, -0.25) is 14.3 Å². The molecule has 24 heavy (non-hydrogen) atoms. The summed E-state index contributed by atoms with van der Waals surface area (Å²) >= 11 is 1.44. The van der Waals surface area contributed by atoms with Crippen molar-refractivity contribution in [2.75, 3.05) is 0 Å². The van der Waals surface area contributed by atoms with Crippen molar-refractivity contribution in [3.8, 4) is 11.4 Å². The van der Waals surface area contributed by atoms with E-state index in [0.29, 0.717) is 6.54 Å². The van der Waals surface area contributed by atoms with E-state index in [9.17, 15) is 4.79 Å². The van der Waals surface area contributed by atoms with E-state index in [1.165, 1.54) is 11.8 Å². The molecule has 0 radical (unpaired) electrons. The molecule has 0 saturated heterocycles. The Morgan fingerprint density at radius 3 is 2.50 bits per heavy atom. The third kappa shape index (κ3) is 3.71. The van der Waals surface area contributed by atoms with Gasteiger partial charge < -0.3 is 0 Å².